The number of hydrogen-bond donors (Lipinski definition) is 1. The average molecular weight is 245 g/mol. The van der Waals surface area contributed by atoms with Crippen molar-refractivity contribution in [3.63, 3.8) is 0 Å². The van der Waals surface area contributed by atoms with Gasteiger partial charge in [-0.1, -0.05) is 23.8 Å². The number of methoxy groups -OCH3 is 1. The van der Waals surface area contributed by atoms with Crippen LogP contribution in [-0.4, -0.2) is 14.2 Å². The third kappa shape index (κ3) is 3.36. The summed E-state index contributed by atoms with van der Waals surface area (Å²) < 4.78 is 5.30. The largest absolute Gasteiger partial charge is 0.497 e. The SMILES string of the molecule is CNC(CC1=CCCCC1)c1cccc(OC)c1. The standard InChI is InChI=1S/C16H23NO/c1-17-16(11-13-7-4-3-5-8-13)14-9-6-10-15(12-14)18-2/h6-7,9-10,12,16-17H,3-5,8,11H2,1-2H3. The van der Waals surface area contributed by atoms with E-state index < -0.39 is 0 Å². The van der Waals surface area contributed by atoms with Gasteiger partial charge in [-0.2, -0.15) is 0 Å². The van der Waals surface area contributed by atoms with Crippen molar-refractivity contribution in [2.24, 2.45) is 0 Å². The topological polar surface area (TPSA) is 21.3 Å². The van der Waals surface area contributed by atoms with Crippen LogP contribution in [0.2, 0.25) is 0 Å². The molecule has 0 amide bonds. The van der Waals surface area contributed by atoms with Gasteiger partial charge in [-0.25, -0.2) is 0 Å². The molecule has 2 nitrogen and oxygen atoms in total. The van der Waals surface area contributed by atoms with Crippen LogP contribution in [0.4, 0.5) is 0 Å². The molecule has 0 bridgehead atoms. The molecule has 0 aliphatic heterocycles. The van der Waals surface area contributed by atoms with Crippen LogP contribution in [0.5, 0.6) is 5.75 Å². The van der Waals surface area contributed by atoms with E-state index in [0.29, 0.717) is 6.04 Å². The second kappa shape index (κ2) is 6.60. The van der Waals surface area contributed by atoms with E-state index in [4.69, 9.17) is 4.74 Å². The Morgan fingerprint density at radius 3 is 2.89 bits per heavy atom. The maximum Gasteiger partial charge on any atom is 0.119 e. The molecule has 18 heavy (non-hydrogen) atoms. The highest BCUT2D eigenvalue weighted by Gasteiger charge is 2.13. The van der Waals surface area contributed by atoms with Gasteiger partial charge in [0.05, 0.1) is 7.11 Å². The molecule has 1 unspecified atom stereocenters. The first-order valence-corrected chi connectivity index (χ1v) is 6.82. The highest BCUT2D eigenvalue weighted by atomic mass is 16.5. The lowest BCUT2D eigenvalue weighted by molar-refractivity contribution is 0.413. The van der Waals surface area contributed by atoms with E-state index in [1.54, 1.807) is 12.7 Å². The fraction of sp³-hybridized carbons (Fsp3) is 0.500. The molecule has 0 heterocycles. The first-order valence-electron chi connectivity index (χ1n) is 6.82. The van der Waals surface area contributed by atoms with E-state index in [1.165, 1.54) is 31.2 Å². The van der Waals surface area contributed by atoms with Crippen molar-refractivity contribution in [3.8, 4) is 5.75 Å². The molecule has 0 fully saturated rings. The lowest BCUT2D eigenvalue weighted by Crippen LogP contribution is -2.17. The molecule has 1 N–H and O–H groups in total. The molecule has 0 saturated carbocycles. The molecule has 2 rings (SSSR count). The quantitative estimate of drug-likeness (QED) is 0.796. The van der Waals surface area contributed by atoms with E-state index in [0.717, 1.165) is 12.2 Å². The normalized spacial score (nSPS) is 17.1. The summed E-state index contributed by atoms with van der Waals surface area (Å²) in [5, 5.41) is 3.42. The summed E-state index contributed by atoms with van der Waals surface area (Å²) in [6.45, 7) is 0. The van der Waals surface area contributed by atoms with Crippen molar-refractivity contribution < 1.29 is 4.74 Å². The second-order valence-electron chi connectivity index (χ2n) is 4.93. The summed E-state index contributed by atoms with van der Waals surface area (Å²) in [6, 6.07) is 8.76. The fourth-order valence-corrected chi connectivity index (χ4v) is 2.60. The zero-order valence-corrected chi connectivity index (χ0v) is 11.4. The van der Waals surface area contributed by atoms with E-state index in [1.807, 2.05) is 13.1 Å². The molecule has 0 radical (unpaired) electrons. The molecule has 1 aliphatic carbocycles. The van der Waals surface area contributed by atoms with Gasteiger partial charge >= 0.3 is 0 Å². The summed E-state index contributed by atoms with van der Waals surface area (Å²) in [5.41, 5.74) is 2.91. The highest BCUT2D eigenvalue weighted by molar-refractivity contribution is 5.31. The number of benzene rings is 1. The third-order valence-corrected chi connectivity index (χ3v) is 3.70. The Labute approximate surface area is 110 Å². The van der Waals surface area contributed by atoms with Crippen LogP contribution in [0.3, 0.4) is 0 Å². The predicted octanol–water partition coefficient (Wildman–Crippen LogP) is 3.85. The van der Waals surface area contributed by atoms with E-state index in [-0.39, 0.29) is 0 Å². The van der Waals surface area contributed by atoms with Gasteiger partial charge in [-0.3, -0.25) is 0 Å². The minimum Gasteiger partial charge on any atom is -0.497 e. The first-order chi connectivity index (χ1) is 8.83. The van der Waals surface area contributed by atoms with Crippen LogP contribution in [0, 0.1) is 0 Å². The van der Waals surface area contributed by atoms with Crippen LogP contribution in [0.1, 0.15) is 43.7 Å². The average Bonchev–Trinajstić information content (AvgIpc) is 2.46. The Bertz CT molecular complexity index is 411. The zero-order chi connectivity index (χ0) is 12.8. The molecule has 0 spiro atoms. The number of ether oxygens (including phenoxy) is 1. The van der Waals surface area contributed by atoms with Gasteiger partial charge in [-0.15, -0.1) is 0 Å². The van der Waals surface area contributed by atoms with Crippen molar-refractivity contribution in [2.75, 3.05) is 14.2 Å². The molecule has 1 aliphatic rings. The van der Waals surface area contributed by atoms with Crippen molar-refractivity contribution in [3.05, 3.63) is 41.5 Å². The lowest BCUT2D eigenvalue weighted by Gasteiger charge is -2.21. The minimum atomic E-state index is 0.393. The van der Waals surface area contributed by atoms with Gasteiger partial charge < -0.3 is 10.1 Å². The van der Waals surface area contributed by atoms with Gasteiger partial charge in [0.1, 0.15) is 5.75 Å². The third-order valence-electron chi connectivity index (χ3n) is 3.70. The molecule has 1 atom stereocenters. The van der Waals surface area contributed by atoms with E-state index in [9.17, 15) is 0 Å². The van der Waals surface area contributed by atoms with Gasteiger partial charge in [0.2, 0.25) is 0 Å². The van der Waals surface area contributed by atoms with E-state index in [2.05, 4.69) is 29.6 Å². The summed E-state index contributed by atoms with van der Waals surface area (Å²) >= 11 is 0. The van der Waals surface area contributed by atoms with Crippen LogP contribution in [0.25, 0.3) is 0 Å². The van der Waals surface area contributed by atoms with Gasteiger partial charge in [0.25, 0.3) is 0 Å². The van der Waals surface area contributed by atoms with E-state index >= 15 is 0 Å². The second-order valence-corrected chi connectivity index (χ2v) is 4.93. The molecular formula is C16H23NO. The predicted molar refractivity (Wildman–Crippen MR) is 76.0 cm³/mol. The van der Waals surface area contributed by atoms with Crippen molar-refractivity contribution in [2.45, 2.75) is 38.1 Å². The summed E-state index contributed by atoms with van der Waals surface area (Å²) in [5.74, 6) is 0.936. The maximum atomic E-state index is 5.30. The lowest BCUT2D eigenvalue weighted by atomic mass is 9.91. The zero-order valence-electron chi connectivity index (χ0n) is 11.4. The van der Waals surface area contributed by atoms with Gasteiger partial charge in [-0.05, 0) is 56.8 Å². The van der Waals surface area contributed by atoms with Crippen molar-refractivity contribution in [1.82, 2.24) is 5.32 Å². The smallest absolute Gasteiger partial charge is 0.119 e. The van der Waals surface area contributed by atoms with Crippen LogP contribution >= 0.6 is 0 Å². The molecule has 98 valence electrons. The summed E-state index contributed by atoms with van der Waals surface area (Å²) in [7, 11) is 3.75. The number of hydrogen-bond acceptors (Lipinski definition) is 2. The Hall–Kier alpha value is -1.28. The molecule has 1 aromatic carbocycles. The number of allylic oxidation sites excluding steroid dienone is 1. The van der Waals surface area contributed by atoms with Gasteiger partial charge in [0, 0.05) is 6.04 Å². The Balaban J connectivity index is 2.09. The molecular weight excluding hydrogens is 222 g/mol. The fourth-order valence-electron chi connectivity index (χ4n) is 2.60. The molecule has 0 aromatic heterocycles. The Morgan fingerprint density at radius 1 is 1.33 bits per heavy atom. The van der Waals surface area contributed by atoms with Crippen molar-refractivity contribution >= 4 is 0 Å². The van der Waals surface area contributed by atoms with Crippen molar-refractivity contribution in [1.29, 1.82) is 0 Å². The summed E-state index contributed by atoms with van der Waals surface area (Å²) in [6.07, 6.45) is 8.76. The van der Waals surface area contributed by atoms with Crippen LogP contribution in [-0.2, 0) is 0 Å². The summed E-state index contributed by atoms with van der Waals surface area (Å²) in [4.78, 5) is 0. The first kappa shape index (κ1) is 13.2. The molecule has 1 aromatic rings. The molecule has 0 saturated heterocycles. The van der Waals surface area contributed by atoms with Crippen LogP contribution < -0.4 is 10.1 Å². The monoisotopic (exact) mass is 245 g/mol. The van der Waals surface area contributed by atoms with Crippen LogP contribution in [0.15, 0.2) is 35.9 Å². The number of rotatable bonds is 5. The number of nitrogens with one attached hydrogen (secondary N) is 1. The molecule has 2 heteroatoms. The highest BCUT2D eigenvalue weighted by Crippen LogP contribution is 2.28. The Morgan fingerprint density at radius 2 is 2.22 bits per heavy atom. The minimum absolute atomic E-state index is 0.393. The Kier molecular flexibility index (Phi) is 4.82. The van der Waals surface area contributed by atoms with Gasteiger partial charge in [0.15, 0.2) is 0 Å². The maximum absolute atomic E-state index is 5.30.